The summed E-state index contributed by atoms with van der Waals surface area (Å²) in [6.45, 7) is 4.92. The molecule has 25 heavy (non-hydrogen) atoms. The van der Waals surface area contributed by atoms with E-state index in [1.807, 2.05) is 19.9 Å². The third kappa shape index (κ3) is 6.32. The standard InChI is InChI=1S/C18H28N4O3/c1-12-10-13(2)22-18(21-12)19-9-5-8-16(23)20-11-14-6-3-4-7-15(14)17(24)25/h10,14-15H,3-9,11H2,1-2H3,(H,20,23)(H,24,25)(H,19,21,22)/t14-,15-/m0/s1. The average Bonchev–Trinajstić information content (AvgIpc) is 2.56. The van der Waals surface area contributed by atoms with Crippen molar-refractivity contribution in [2.24, 2.45) is 11.8 Å². The van der Waals surface area contributed by atoms with E-state index >= 15 is 0 Å². The van der Waals surface area contributed by atoms with Gasteiger partial charge in [0.1, 0.15) is 0 Å². The highest BCUT2D eigenvalue weighted by molar-refractivity contribution is 5.76. The van der Waals surface area contributed by atoms with Gasteiger partial charge in [-0.25, -0.2) is 9.97 Å². The Balaban J connectivity index is 1.66. The monoisotopic (exact) mass is 348 g/mol. The number of carbonyl (C=O) groups is 2. The number of amides is 1. The molecular formula is C18H28N4O3. The Labute approximate surface area is 148 Å². The van der Waals surface area contributed by atoms with Crippen LogP contribution in [0.25, 0.3) is 0 Å². The molecular weight excluding hydrogens is 320 g/mol. The van der Waals surface area contributed by atoms with Crippen LogP contribution in [0.15, 0.2) is 6.07 Å². The third-order valence-electron chi connectivity index (χ3n) is 4.63. The molecule has 1 fully saturated rings. The van der Waals surface area contributed by atoms with E-state index < -0.39 is 5.97 Å². The fraction of sp³-hybridized carbons (Fsp3) is 0.667. The first-order valence-electron chi connectivity index (χ1n) is 9.01. The maximum atomic E-state index is 12.0. The molecule has 0 saturated heterocycles. The Morgan fingerprint density at radius 3 is 2.56 bits per heavy atom. The first-order valence-corrected chi connectivity index (χ1v) is 9.01. The van der Waals surface area contributed by atoms with E-state index in [1.54, 1.807) is 0 Å². The van der Waals surface area contributed by atoms with Gasteiger partial charge in [0.2, 0.25) is 11.9 Å². The molecule has 0 radical (unpaired) electrons. The fourth-order valence-electron chi connectivity index (χ4n) is 3.36. The molecule has 7 nitrogen and oxygen atoms in total. The van der Waals surface area contributed by atoms with E-state index in [2.05, 4.69) is 20.6 Å². The zero-order valence-corrected chi connectivity index (χ0v) is 15.0. The summed E-state index contributed by atoms with van der Waals surface area (Å²) in [5.41, 5.74) is 1.82. The molecule has 1 aliphatic rings. The van der Waals surface area contributed by atoms with Crippen LogP contribution < -0.4 is 10.6 Å². The average molecular weight is 348 g/mol. The second-order valence-corrected chi connectivity index (χ2v) is 6.80. The highest BCUT2D eigenvalue weighted by atomic mass is 16.4. The van der Waals surface area contributed by atoms with Crippen LogP contribution in [0.2, 0.25) is 0 Å². The molecule has 2 rings (SSSR count). The van der Waals surface area contributed by atoms with Crippen molar-refractivity contribution in [2.75, 3.05) is 18.4 Å². The van der Waals surface area contributed by atoms with Gasteiger partial charge < -0.3 is 15.7 Å². The van der Waals surface area contributed by atoms with Gasteiger partial charge in [0.25, 0.3) is 0 Å². The smallest absolute Gasteiger partial charge is 0.306 e. The highest BCUT2D eigenvalue weighted by Crippen LogP contribution is 2.29. The van der Waals surface area contributed by atoms with E-state index in [0.717, 1.165) is 37.1 Å². The molecule has 3 N–H and O–H groups in total. The molecule has 138 valence electrons. The summed E-state index contributed by atoms with van der Waals surface area (Å²) in [4.78, 5) is 31.8. The second-order valence-electron chi connectivity index (χ2n) is 6.80. The van der Waals surface area contributed by atoms with Gasteiger partial charge in [-0.3, -0.25) is 9.59 Å². The van der Waals surface area contributed by atoms with Gasteiger partial charge in [-0.05, 0) is 45.1 Å². The number of nitrogens with one attached hydrogen (secondary N) is 2. The molecule has 1 aromatic rings. The zero-order valence-electron chi connectivity index (χ0n) is 15.0. The summed E-state index contributed by atoms with van der Waals surface area (Å²) < 4.78 is 0. The van der Waals surface area contributed by atoms with E-state index in [-0.39, 0.29) is 17.7 Å². The number of aliphatic carboxylic acids is 1. The number of hydrogen-bond donors (Lipinski definition) is 3. The van der Waals surface area contributed by atoms with E-state index in [4.69, 9.17) is 0 Å². The summed E-state index contributed by atoms with van der Waals surface area (Å²) in [5, 5.41) is 15.3. The molecule has 0 spiro atoms. The van der Waals surface area contributed by atoms with Crippen LogP contribution in [0.4, 0.5) is 5.95 Å². The summed E-state index contributed by atoms with van der Waals surface area (Å²) in [6.07, 6.45) is 4.69. The summed E-state index contributed by atoms with van der Waals surface area (Å²) in [7, 11) is 0. The quantitative estimate of drug-likeness (QED) is 0.623. The van der Waals surface area contributed by atoms with Crippen molar-refractivity contribution in [1.29, 1.82) is 0 Å². The van der Waals surface area contributed by atoms with Crippen molar-refractivity contribution < 1.29 is 14.7 Å². The molecule has 1 saturated carbocycles. The van der Waals surface area contributed by atoms with Crippen LogP contribution in [-0.4, -0.2) is 40.0 Å². The molecule has 7 heteroatoms. The molecule has 1 amide bonds. The minimum atomic E-state index is -0.739. The van der Waals surface area contributed by atoms with Crippen molar-refractivity contribution in [3.63, 3.8) is 0 Å². The molecule has 1 aromatic heterocycles. The lowest BCUT2D eigenvalue weighted by atomic mass is 9.79. The van der Waals surface area contributed by atoms with Gasteiger partial charge in [0, 0.05) is 30.9 Å². The van der Waals surface area contributed by atoms with Crippen LogP contribution >= 0.6 is 0 Å². The maximum Gasteiger partial charge on any atom is 0.306 e. The van der Waals surface area contributed by atoms with Gasteiger partial charge in [-0.1, -0.05) is 12.8 Å². The first kappa shape index (κ1) is 19.1. The Hall–Kier alpha value is -2.18. The molecule has 2 atom stereocenters. The number of carboxylic acids is 1. The molecule has 0 bridgehead atoms. The van der Waals surface area contributed by atoms with Gasteiger partial charge in [0.05, 0.1) is 5.92 Å². The Morgan fingerprint density at radius 1 is 1.20 bits per heavy atom. The minimum Gasteiger partial charge on any atom is -0.481 e. The van der Waals surface area contributed by atoms with E-state index in [1.165, 1.54) is 0 Å². The molecule has 0 aromatic carbocycles. The van der Waals surface area contributed by atoms with Gasteiger partial charge in [0.15, 0.2) is 0 Å². The number of hydrogen-bond acceptors (Lipinski definition) is 5. The third-order valence-corrected chi connectivity index (χ3v) is 4.63. The Kier molecular flexibility index (Phi) is 7.16. The summed E-state index contributed by atoms with van der Waals surface area (Å²) in [6, 6.07) is 1.91. The van der Waals surface area contributed by atoms with Gasteiger partial charge >= 0.3 is 5.97 Å². The lowest BCUT2D eigenvalue weighted by Crippen LogP contribution is -2.37. The minimum absolute atomic E-state index is 0.0298. The normalized spacial score (nSPS) is 20.1. The predicted molar refractivity (Wildman–Crippen MR) is 95.3 cm³/mol. The van der Waals surface area contributed by atoms with Gasteiger partial charge in [-0.2, -0.15) is 0 Å². The predicted octanol–water partition coefficient (Wildman–Crippen LogP) is 2.29. The number of nitrogens with zero attached hydrogens (tertiary/aromatic N) is 2. The van der Waals surface area contributed by atoms with Crippen LogP contribution in [0.5, 0.6) is 0 Å². The number of carboxylic acid groups (broad SMARTS) is 1. The lowest BCUT2D eigenvalue weighted by Gasteiger charge is -2.28. The maximum absolute atomic E-state index is 12.0. The molecule has 0 aliphatic heterocycles. The van der Waals surface area contributed by atoms with Crippen molar-refractivity contribution in [3.8, 4) is 0 Å². The number of carbonyl (C=O) groups excluding carboxylic acids is 1. The number of aromatic nitrogens is 2. The van der Waals surface area contributed by atoms with Crippen LogP contribution in [0.1, 0.15) is 49.9 Å². The summed E-state index contributed by atoms with van der Waals surface area (Å²) in [5.74, 6) is -0.451. The second kappa shape index (κ2) is 9.34. The number of anilines is 1. The SMILES string of the molecule is Cc1cc(C)nc(NCCCC(=O)NC[C@@H]2CCCC[C@@H]2C(=O)O)n1. The first-order chi connectivity index (χ1) is 12.0. The lowest BCUT2D eigenvalue weighted by molar-refractivity contribution is -0.145. The van der Waals surface area contributed by atoms with Crippen LogP contribution in [0, 0.1) is 25.7 Å². The Morgan fingerprint density at radius 2 is 1.88 bits per heavy atom. The number of aryl methyl sites for hydroxylation is 2. The van der Waals surface area contributed by atoms with Gasteiger partial charge in [-0.15, -0.1) is 0 Å². The molecule has 1 aliphatic carbocycles. The Bertz CT molecular complexity index is 586. The molecule has 0 unspecified atom stereocenters. The van der Waals surface area contributed by atoms with Crippen molar-refractivity contribution >= 4 is 17.8 Å². The van der Waals surface area contributed by atoms with Crippen molar-refractivity contribution in [3.05, 3.63) is 17.5 Å². The van der Waals surface area contributed by atoms with Crippen molar-refractivity contribution in [1.82, 2.24) is 15.3 Å². The van der Waals surface area contributed by atoms with Crippen LogP contribution in [-0.2, 0) is 9.59 Å². The largest absolute Gasteiger partial charge is 0.481 e. The summed E-state index contributed by atoms with van der Waals surface area (Å²) >= 11 is 0. The highest BCUT2D eigenvalue weighted by Gasteiger charge is 2.30. The topological polar surface area (TPSA) is 104 Å². The zero-order chi connectivity index (χ0) is 18.2. The van der Waals surface area contributed by atoms with E-state index in [9.17, 15) is 14.7 Å². The van der Waals surface area contributed by atoms with Crippen LogP contribution in [0.3, 0.4) is 0 Å². The fourth-order valence-corrected chi connectivity index (χ4v) is 3.36. The van der Waals surface area contributed by atoms with Crippen molar-refractivity contribution in [2.45, 2.75) is 52.4 Å². The number of rotatable bonds is 8. The molecule has 1 heterocycles. The van der Waals surface area contributed by atoms with E-state index in [0.29, 0.717) is 31.9 Å².